The monoisotopic (exact) mass is 1580 g/mol. The van der Waals surface area contributed by atoms with Crippen LogP contribution in [0.3, 0.4) is 0 Å². The first kappa shape index (κ1) is 84.9. The average molecular weight is 1580 g/mol. The van der Waals surface area contributed by atoms with E-state index < -0.39 is 98.5 Å². The quantitative estimate of drug-likeness (QED) is 0.0243. The van der Waals surface area contributed by atoms with Gasteiger partial charge in [0.05, 0.1) is 46.4 Å². The third-order valence-electron chi connectivity index (χ3n) is 16.8. The number of H-pyrrole nitrogens is 2. The number of carbonyl (C=O) groups is 9. The summed E-state index contributed by atoms with van der Waals surface area (Å²) in [6.07, 6.45) is 10.7. The summed E-state index contributed by atoms with van der Waals surface area (Å²) in [7, 11) is -8.92. The van der Waals surface area contributed by atoms with Crippen molar-refractivity contribution in [3.8, 4) is 11.5 Å². The summed E-state index contributed by atoms with van der Waals surface area (Å²) in [5, 5.41) is 54.7. The zero-order valence-corrected chi connectivity index (χ0v) is 64.2. The Morgan fingerprint density at radius 2 is 0.919 bits per heavy atom. The van der Waals surface area contributed by atoms with E-state index in [0.717, 1.165) is 23.9 Å². The molecule has 39 heteroatoms. The average Bonchev–Trinajstić information content (AvgIpc) is 1.51. The van der Waals surface area contributed by atoms with Crippen molar-refractivity contribution in [3.63, 3.8) is 0 Å². The normalized spacial score (nSPS) is 12.4. The molecule has 3 atom stereocenters. The molecule has 37 nitrogen and oxygen atoms in total. The molecule has 111 heavy (non-hydrogen) atoms. The largest absolute Gasteiger partial charge is 0.494 e. The summed E-state index contributed by atoms with van der Waals surface area (Å²) in [6, 6.07) is 11.0. The topological polar surface area (TPSA) is 515 Å². The minimum absolute atomic E-state index is 0.00549. The molecule has 0 aliphatic rings. The van der Waals surface area contributed by atoms with Gasteiger partial charge in [0.2, 0.25) is 43.7 Å². The number of hydrogen-bond donors (Lipinski definition) is 15. The van der Waals surface area contributed by atoms with Gasteiger partial charge in [-0.25, -0.2) is 31.6 Å². The van der Waals surface area contributed by atoms with Crippen LogP contribution in [0, 0.1) is 27.7 Å². The fraction of sp³-hybridized carbons (Fsp3) is 0.431. The first-order valence-corrected chi connectivity index (χ1v) is 38.8. The van der Waals surface area contributed by atoms with E-state index in [1.807, 2.05) is 0 Å². The van der Waals surface area contributed by atoms with E-state index in [2.05, 4.69) is 87.4 Å². The number of aliphatic carboxylic acids is 2. The highest BCUT2D eigenvalue weighted by molar-refractivity contribution is 7.90. The maximum Gasteiger partial charge on any atom is 0.408 e. The summed E-state index contributed by atoms with van der Waals surface area (Å²) in [6.45, 7) is 12.4. The Labute approximate surface area is 640 Å². The molecule has 0 aliphatic carbocycles. The number of hydrogen-bond acceptors (Lipinski definition) is 22. The van der Waals surface area contributed by atoms with Gasteiger partial charge in [-0.1, -0.05) is 0 Å². The van der Waals surface area contributed by atoms with Gasteiger partial charge in [-0.15, -0.1) is 0 Å². The Balaban J connectivity index is 0.686. The first-order valence-electron chi connectivity index (χ1n) is 35.8. The molecule has 0 saturated carbocycles. The smallest absolute Gasteiger partial charge is 0.408 e. The lowest BCUT2D eigenvalue weighted by Crippen LogP contribution is -2.49. The molecule has 4 aromatic heterocycles. The number of anilines is 2. The number of ether oxygens (including phenoxy) is 3. The number of nitrogens with one attached hydrogen (secondary N) is 13. The molecular formula is C72H95N19O18S2. The lowest BCUT2D eigenvalue weighted by Gasteiger charge is -2.23. The fourth-order valence-corrected chi connectivity index (χ4v) is 15.0. The van der Waals surface area contributed by atoms with Crippen molar-refractivity contribution in [2.45, 2.75) is 146 Å². The fourth-order valence-electron chi connectivity index (χ4n) is 11.7. The summed E-state index contributed by atoms with van der Waals surface area (Å²) >= 11 is 0. The van der Waals surface area contributed by atoms with Crippen LogP contribution < -0.4 is 66.8 Å². The maximum atomic E-state index is 13.7. The summed E-state index contributed by atoms with van der Waals surface area (Å²) in [5.41, 5.74) is 2.05. The van der Waals surface area contributed by atoms with Gasteiger partial charge < -0.3 is 82.2 Å². The highest BCUT2D eigenvalue weighted by Gasteiger charge is 2.32. The van der Waals surface area contributed by atoms with E-state index in [1.165, 1.54) is 52.0 Å². The number of fused-ring (bicyclic) bond motifs is 2. The van der Waals surface area contributed by atoms with E-state index in [9.17, 15) is 70.2 Å². The number of rotatable bonds is 45. The van der Waals surface area contributed by atoms with Gasteiger partial charge in [0.1, 0.15) is 35.2 Å². The number of aromatic nitrogens is 8. The zero-order valence-electron chi connectivity index (χ0n) is 62.5. The summed E-state index contributed by atoms with van der Waals surface area (Å²) < 4.78 is 79.8. The summed E-state index contributed by atoms with van der Waals surface area (Å²) in [5.74, 6) is -4.28. The Bertz CT molecular complexity index is 4770. The molecule has 1 unspecified atom stereocenters. The number of amides is 7. The van der Waals surface area contributed by atoms with Crippen LogP contribution >= 0.6 is 0 Å². The van der Waals surface area contributed by atoms with Crippen LogP contribution in [0.15, 0.2) is 108 Å². The van der Waals surface area contributed by atoms with Crippen molar-refractivity contribution in [3.05, 3.63) is 131 Å². The van der Waals surface area contributed by atoms with Crippen molar-refractivity contribution in [2.24, 2.45) is 0 Å². The van der Waals surface area contributed by atoms with Gasteiger partial charge in [-0.2, -0.15) is 19.6 Å². The third-order valence-corrected chi connectivity index (χ3v) is 20.4. The SMILES string of the molecule is Cc1cc(OCCCC(=O)NCCNC(=O)CCC(NC(=O)OC(C)(C)C)C(=O)NCCNC(=O)CCCOc2cc(C)c(S(=O)(=O)N[C@@H](CNC(=O)c3ccc4c(cnn4CCCNc4ncc[nH]4)c3)C(=O)O)c(C)c2)cc(C)c1S(=O)(=O)N[C@@H](CNC(=O)c1ccc2c(cnn2CCCNc2ncc[nH]2)c1)C(=O)O. The van der Waals surface area contributed by atoms with E-state index >= 15 is 0 Å². The van der Waals surface area contributed by atoms with Crippen LogP contribution in [0.5, 0.6) is 11.5 Å². The van der Waals surface area contributed by atoms with E-state index in [4.69, 9.17) is 14.2 Å². The standard InChI is InChI=1S/C72H95N19O18S2/c1-44-34-52(35-45(2)62(44)110(103,104)88-55(67(98)99)42-83-64(95)48-14-17-57-50(38-48)40-85-90(57)30-10-20-77-69-79-26-27-80-69)107-32-8-12-59(92)73-22-23-75-61(94)19-16-54(87-71(102)109-72(5,6)7)66(97)76-25-24-74-60(93)13-9-33-108-53-36-46(3)63(47(4)37-53)111(105,106)89-56(68(100)101)43-84-65(96)49-15-18-58-51(39-49)41-86-91(58)31-11-21-78-70-81-28-29-82-70/h14-15,17-18,26-29,34-41,54-56,88-89H,8-13,16,19-25,30-33,42-43H2,1-7H3,(H,73,92)(H,74,93)(H,75,94)(H,76,97)(H,83,95)(H,84,96)(H,87,102)(H,98,99)(H,100,101)(H2,77,79,80)(H2,78,81,82)/t54?,55-,56-/m0/s1. The Hall–Kier alpha value is -11.7. The van der Waals surface area contributed by atoms with Crippen molar-refractivity contribution in [1.29, 1.82) is 0 Å². The Morgan fingerprint density at radius 1 is 0.514 bits per heavy atom. The van der Waals surface area contributed by atoms with E-state index in [0.29, 0.717) is 54.6 Å². The van der Waals surface area contributed by atoms with Gasteiger partial charge in [-0.3, -0.25) is 47.7 Å². The molecule has 0 radical (unpaired) electrons. The van der Waals surface area contributed by atoms with Crippen LogP contribution in [-0.2, 0) is 66.6 Å². The molecule has 0 fully saturated rings. The third kappa shape index (κ3) is 26.3. The first-order chi connectivity index (χ1) is 52.8. The second kappa shape index (κ2) is 40.1. The predicted molar refractivity (Wildman–Crippen MR) is 407 cm³/mol. The number of aromatic amines is 2. The molecule has 8 rings (SSSR count). The van der Waals surface area contributed by atoms with E-state index in [1.54, 1.807) is 104 Å². The predicted octanol–water partition coefficient (Wildman–Crippen LogP) is 3.55. The number of alkyl carbamates (subject to hydrolysis) is 1. The second-order valence-electron chi connectivity index (χ2n) is 26.9. The number of benzene rings is 4. The molecule has 4 heterocycles. The maximum absolute atomic E-state index is 13.7. The molecule has 15 N–H and O–H groups in total. The van der Waals surface area contributed by atoms with Crippen molar-refractivity contribution < 1.29 is 84.4 Å². The van der Waals surface area contributed by atoms with Gasteiger partial charge in [0, 0.05) is 131 Å². The van der Waals surface area contributed by atoms with Crippen LogP contribution in [-0.4, -0.2) is 209 Å². The molecule has 7 amide bonds. The van der Waals surface area contributed by atoms with Gasteiger partial charge in [0.25, 0.3) is 11.8 Å². The number of aryl methyl sites for hydroxylation is 6. The van der Waals surface area contributed by atoms with Crippen molar-refractivity contribution in [1.82, 2.24) is 86.2 Å². The van der Waals surface area contributed by atoms with Crippen LogP contribution in [0.2, 0.25) is 0 Å². The Kier molecular flexibility index (Phi) is 30.7. The highest BCUT2D eigenvalue weighted by Crippen LogP contribution is 2.29. The zero-order chi connectivity index (χ0) is 80.4. The van der Waals surface area contributed by atoms with Crippen LogP contribution in [0.1, 0.15) is 115 Å². The number of carboxylic acids is 2. The number of nitrogens with zero attached hydrogens (tertiary/aromatic N) is 6. The molecule has 0 spiro atoms. The molecule has 0 saturated heterocycles. The minimum Gasteiger partial charge on any atom is -0.494 e. The van der Waals surface area contributed by atoms with Crippen molar-refractivity contribution >= 4 is 107 Å². The van der Waals surface area contributed by atoms with Crippen LogP contribution in [0.25, 0.3) is 21.8 Å². The second-order valence-corrected chi connectivity index (χ2v) is 30.2. The molecular weight excluding hydrogens is 1480 g/mol. The lowest BCUT2D eigenvalue weighted by molar-refractivity contribution is -0.139. The van der Waals surface area contributed by atoms with Crippen LogP contribution in [0.4, 0.5) is 16.7 Å². The van der Waals surface area contributed by atoms with Gasteiger partial charge in [0.15, 0.2) is 11.9 Å². The number of carbonyl (C=O) groups excluding carboxylic acids is 7. The number of sulfonamides is 2. The van der Waals surface area contributed by atoms with E-state index in [-0.39, 0.29) is 139 Å². The molecule has 0 bridgehead atoms. The number of carboxylic acid groups (broad SMARTS) is 2. The minimum atomic E-state index is -4.46. The lowest BCUT2D eigenvalue weighted by atomic mass is 10.1. The molecule has 8 aromatic rings. The highest BCUT2D eigenvalue weighted by atomic mass is 32.2. The van der Waals surface area contributed by atoms with Gasteiger partial charge >= 0.3 is 18.0 Å². The molecule has 598 valence electrons. The molecule has 0 aliphatic heterocycles. The molecule has 4 aromatic carbocycles. The Morgan fingerprint density at radius 3 is 1.31 bits per heavy atom. The van der Waals surface area contributed by atoms with Crippen molar-refractivity contribution in [2.75, 3.05) is 76.2 Å². The summed E-state index contributed by atoms with van der Waals surface area (Å²) in [4.78, 5) is 129. The van der Waals surface area contributed by atoms with Gasteiger partial charge in [-0.05, 0) is 163 Å². The number of imidazole rings is 2.